The van der Waals surface area contributed by atoms with Gasteiger partial charge in [0.15, 0.2) is 0 Å². The number of carbonyl (C=O) groups is 2. The number of hydrogen-bond donors (Lipinski definition) is 2. The van der Waals surface area contributed by atoms with Crippen molar-refractivity contribution in [3.05, 3.63) is 79.2 Å². The molecule has 0 spiro atoms. The molecule has 0 aliphatic carbocycles. The van der Waals surface area contributed by atoms with Crippen LogP contribution in [0, 0.1) is 6.92 Å². The van der Waals surface area contributed by atoms with E-state index in [9.17, 15) is 19.2 Å². The van der Waals surface area contributed by atoms with Crippen LogP contribution in [0.1, 0.15) is 101 Å². The monoisotopic (exact) mass is 572 g/mol. The average Bonchev–Trinajstić information content (AvgIpc) is 3.19. The number of aliphatic carboxylic acids is 1. The predicted octanol–water partition coefficient (Wildman–Crippen LogP) is 6.37. The van der Waals surface area contributed by atoms with Crippen molar-refractivity contribution in [3.8, 4) is 0 Å². The summed E-state index contributed by atoms with van der Waals surface area (Å²) in [5, 5.41) is 14.0. The number of rotatable bonds is 16. The van der Waals surface area contributed by atoms with Gasteiger partial charge in [0, 0.05) is 53.9 Å². The van der Waals surface area contributed by atoms with Gasteiger partial charge in [0.05, 0.1) is 0 Å². The molecule has 1 amide bonds. The zero-order valence-corrected chi connectivity index (χ0v) is 25.3. The normalized spacial score (nSPS) is 15.0. The van der Waals surface area contributed by atoms with E-state index in [0.717, 1.165) is 67.1 Å². The highest BCUT2D eigenvalue weighted by molar-refractivity contribution is 5.96. The van der Waals surface area contributed by atoms with Crippen LogP contribution in [0.2, 0.25) is 0 Å². The molecule has 0 aromatic heterocycles. The lowest BCUT2D eigenvalue weighted by Crippen LogP contribution is -2.38. The van der Waals surface area contributed by atoms with Crippen molar-refractivity contribution >= 4 is 34.4 Å². The second kappa shape index (κ2) is 14.0. The van der Waals surface area contributed by atoms with Crippen LogP contribution in [0.25, 0.3) is 16.8 Å². The maximum atomic E-state index is 12.8. The number of carboxylic acid groups (broad SMARTS) is 1. The van der Waals surface area contributed by atoms with E-state index in [1.807, 2.05) is 18.2 Å². The molecule has 0 unspecified atom stereocenters. The van der Waals surface area contributed by atoms with Gasteiger partial charge >= 0.3 is 5.97 Å². The lowest BCUT2D eigenvalue weighted by molar-refractivity contribution is -0.137. The Hall–Kier alpha value is -3.74. The lowest BCUT2D eigenvalue weighted by atomic mass is 9.80. The van der Waals surface area contributed by atoms with Crippen molar-refractivity contribution in [2.75, 3.05) is 18.0 Å². The third-order valence-corrected chi connectivity index (χ3v) is 8.68. The molecule has 0 bridgehead atoms. The van der Waals surface area contributed by atoms with Crippen molar-refractivity contribution in [1.82, 2.24) is 5.32 Å². The predicted molar refractivity (Wildman–Crippen MR) is 170 cm³/mol. The van der Waals surface area contributed by atoms with Crippen LogP contribution in [0.4, 0.5) is 5.69 Å². The lowest BCUT2D eigenvalue weighted by Gasteiger charge is -2.27. The Morgan fingerprint density at radius 1 is 0.857 bits per heavy atom. The molecule has 7 nitrogen and oxygen atoms in total. The van der Waals surface area contributed by atoms with E-state index in [-0.39, 0.29) is 12.3 Å². The summed E-state index contributed by atoms with van der Waals surface area (Å²) in [6.45, 7) is 7.12. The van der Waals surface area contributed by atoms with Crippen LogP contribution < -0.4 is 21.1 Å². The summed E-state index contributed by atoms with van der Waals surface area (Å²) >= 11 is 0. The van der Waals surface area contributed by atoms with Crippen molar-refractivity contribution in [3.63, 3.8) is 0 Å². The molecule has 42 heavy (non-hydrogen) atoms. The fraction of sp³-hybridized carbons (Fsp3) is 0.486. The van der Waals surface area contributed by atoms with E-state index >= 15 is 0 Å². The molecular weight excluding hydrogens is 528 g/mol. The fourth-order valence-corrected chi connectivity index (χ4v) is 6.24. The van der Waals surface area contributed by atoms with Crippen LogP contribution in [0.15, 0.2) is 51.7 Å². The number of benzene rings is 2. The first-order valence-corrected chi connectivity index (χ1v) is 15.4. The molecule has 7 heteroatoms. The molecule has 1 aliphatic heterocycles. The van der Waals surface area contributed by atoms with Gasteiger partial charge in [-0.05, 0) is 48.2 Å². The van der Waals surface area contributed by atoms with Crippen molar-refractivity contribution in [1.29, 1.82) is 0 Å². The van der Waals surface area contributed by atoms with Gasteiger partial charge in [-0.3, -0.25) is 19.2 Å². The molecule has 4 rings (SSSR count). The number of amides is 1. The topological polar surface area (TPSA) is 104 Å². The molecule has 1 aliphatic rings. The quantitative estimate of drug-likeness (QED) is 0.153. The zero-order chi connectivity index (χ0) is 30.3. The Bertz CT molecular complexity index is 1530. The Labute approximate surface area is 248 Å². The molecule has 0 fully saturated rings. The SMILES string of the molecule is Cc1c(/C=C2/N(CCC(=O)NCCCCCCCCCCCC(=O)O)c3ccc4ccccc4c3C2(C)C)c(=O)c1=O. The molecule has 0 saturated carbocycles. The van der Waals surface area contributed by atoms with E-state index in [0.29, 0.717) is 30.6 Å². The number of unbranched alkanes of at least 4 members (excludes halogenated alkanes) is 8. The van der Waals surface area contributed by atoms with Gasteiger partial charge in [-0.15, -0.1) is 0 Å². The first-order chi connectivity index (χ1) is 20.1. The van der Waals surface area contributed by atoms with Gasteiger partial charge in [-0.2, -0.15) is 0 Å². The summed E-state index contributed by atoms with van der Waals surface area (Å²) in [6, 6.07) is 12.5. The van der Waals surface area contributed by atoms with Crippen LogP contribution in [0.3, 0.4) is 0 Å². The number of carboxylic acids is 1. The summed E-state index contributed by atoms with van der Waals surface area (Å²) in [7, 11) is 0. The van der Waals surface area contributed by atoms with E-state index in [1.54, 1.807) is 6.92 Å². The van der Waals surface area contributed by atoms with E-state index in [1.165, 1.54) is 18.4 Å². The number of nitrogens with one attached hydrogen (secondary N) is 1. The number of hydrogen-bond acceptors (Lipinski definition) is 5. The maximum absolute atomic E-state index is 12.8. The molecular formula is C35H44N2O5. The van der Waals surface area contributed by atoms with Crippen molar-refractivity contribution in [2.45, 2.75) is 96.8 Å². The smallest absolute Gasteiger partial charge is 0.303 e. The Morgan fingerprint density at radius 2 is 1.50 bits per heavy atom. The fourth-order valence-electron chi connectivity index (χ4n) is 6.24. The van der Waals surface area contributed by atoms with E-state index < -0.39 is 22.2 Å². The van der Waals surface area contributed by atoms with Crippen molar-refractivity contribution < 1.29 is 14.7 Å². The Kier molecular flexibility index (Phi) is 10.4. The molecule has 1 heterocycles. The Morgan fingerprint density at radius 3 is 2.17 bits per heavy atom. The van der Waals surface area contributed by atoms with Crippen LogP contribution >= 0.6 is 0 Å². The minimum atomic E-state index is -0.712. The van der Waals surface area contributed by atoms with Gasteiger partial charge in [0.2, 0.25) is 16.8 Å². The van der Waals surface area contributed by atoms with Gasteiger partial charge < -0.3 is 15.3 Å². The maximum Gasteiger partial charge on any atom is 0.303 e. The third kappa shape index (κ3) is 7.00. The second-order valence-electron chi connectivity index (χ2n) is 12.1. The van der Waals surface area contributed by atoms with Crippen LogP contribution in [0.5, 0.6) is 0 Å². The first-order valence-electron chi connectivity index (χ1n) is 15.4. The minimum absolute atomic E-state index is 0.00745. The summed E-state index contributed by atoms with van der Waals surface area (Å²) in [5.74, 6) is -0.705. The summed E-state index contributed by atoms with van der Waals surface area (Å²) < 4.78 is 0. The van der Waals surface area contributed by atoms with E-state index in [4.69, 9.17) is 5.11 Å². The molecule has 0 atom stereocenters. The molecule has 3 aromatic rings. The van der Waals surface area contributed by atoms with Crippen molar-refractivity contribution in [2.24, 2.45) is 0 Å². The summed E-state index contributed by atoms with van der Waals surface area (Å²) in [6.07, 6.45) is 12.0. The first kappa shape index (κ1) is 31.2. The molecule has 0 saturated heterocycles. The molecule has 224 valence electrons. The molecule has 0 radical (unpaired) electrons. The highest BCUT2D eigenvalue weighted by atomic mass is 16.4. The molecule has 3 aromatic carbocycles. The van der Waals surface area contributed by atoms with Gasteiger partial charge in [-0.1, -0.05) is 89.1 Å². The Balaban J connectivity index is 1.31. The third-order valence-electron chi connectivity index (χ3n) is 8.68. The largest absolute Gasteiger partial charge is 0.481 e. The number of nitrogens with zero attached hydrogens (tertiary/aromatic N) is 1. The molecule has 2 N–H and O–H groups in total. The summed E-state index contributed by atoms with van der Waals surface area (Å²) in [5.41, 5.74) is 2.82. The van der Waals surface area contributed by atoms with Gasteiger partial charge in [-0.25, -0.2) is 0 Å². The minimum Gasteiger partial charge on any atom is -0.481 e. The van der Waals surface area contributed by atoms with Crippen LogP contribution in [-0.2, 0) is 15.0 Å². The number of anilines is 1. The number of fused-ring (bicyclic) bond motifs is 3. The van der Waals surface area contributed by atoms with Gasteiger partial charge in [0.1, 0.15) is 0 Å². The van der Waals surface area contributed by atoms with Gasteiger partial charge in [0.25, 0.3) is 0 Å². The van der Waals surface area contributed by atoms with Crippen LogP contribution in [-0.4, -0.2) is 30.1 Å². The highest BCUT2D eigenvalue weighted by Crippen LogP contribution is 2.51. The summed E-state index contributed by atoms with van der Waals surface area (Å²) in [4.78, 5) is 49.8. The zero-order valence-electron chi connectivity index (χ0n) is 25.3. The average molecular weight is 573 g/mol. The standard InChI is InChI=1S/C35H44N2O5/c1-24-27(34(42)33(24)41)23-29-35(2,3)32-26-16-13-12-15-25(26)18-19-28(32)37(29)22-20-30(38)36-21-14-10-8-6-4-5-7-9-11-17-31(39)40/h12-13,15-16,18-19,23H,4-11,14,17,20-22H2,1-3H3,(H,36,38)(H,39,40)/b29-23+. The number of allylic oxidation sites excluding steroid dienone is 1. The second-order valence-corrected chi connectivity index (χ2v) is 12.1. The number of carbonyl (C=O) groups excluding carboxylic acids is 1. The van der Waals surface area contributed by atoms with E-state index in [2.05, 4.69) is 48.3 Å². The highest BCUT2D eigenvalue weighted by Gasteiger charge is 2.41.